The number of likely N-dealkylation sites (tertiary alicyclic amines) is 2. The van der Waals surface area contributed by atoms with Crippen molar-refractivity contribution >= 4 is 21.8 Å². The molecule has 0 saturated carbocycles. The third-order valence-electron chi connectivity index (χ3n) is 5.34. The molecule has 0 radical (unpaired) electrons. The van der Waals surface area contributed by atoms with Gasteiger partial charge in [0.1, 0.15) is 0 Å². The van der Waals surface area contributed by atoms with E-state index in [4.69, 9.17) is 0 Å². The van der Waals surface area contributed by atoms with Crippen LogP contribution in [-0.4, -0.2) is 57.7 Å². The Morgan fingerprint density at radius 3 is 2.32 bits per heavy atom. The molecule has 0 spiro atoms. The van der Waals surface area contributed by atoms with E-state index >= 15 is 0 Å². The van der Waals surface area contributed by atoms with Crippen LogP contribution in [0.1, 0.15) is 36.0 Å². The van der Waals surface area contributed by atoms with E-state index in [1.807, 2.05) is 35.4 Å². The van der Waals surface area contributed by atoms with Gasteiger partial charge in [0, 0.05) is 30.9 Å². The lowest BCUT2D eigenvalue weighted by atomic mass is 10.0. The van der Waals surface area contributed by atoms with Gasteiger partial charge >= 0.3 is 0 Å². The average molecular weight is 403 g/mol. The van der Waals surface area contributed by atoms with Crippen LogP contribution in [0, 0.1) is 0 Å². The van der Waals surface area contributed by atoms with Gasteiger partial charge in [-0.05, 0) is 79.0 Å². The Morgan fingerprint density at radius 2 is 1.72 bits per heavy atom. The number of rotatable bonds is 3. The first-order chi connectivity index (χ1) is 12.2. The van der Waals surface area contributed by atoms with Crippen LogP contribution in [0.3, 0.4) is 0 Å². The monoisotopic (exact) mass is 402 g/mol. The summed E-state index contributed by atoms with van der Waals surface area (Å²) in [6, 6.07) is 8.37. The molecule has 25 heavy (non-hydrogen) atoms. The molecule has 0 unspecified atom stereocenters. The number of carbonyl (C=O) groups excluding carboxylic acids is 1. The Hall–Kier alpha value is -1.66. The van der Waals surface area contributed by atoms with Crippen LogP contribution < -0.4 is 0 Å². The first-order valence-electron chi connectivity index (χ1n) is 9.05. The van der Waals surface area contributed by atoms with Gasteiger partial charge in [0.25, 0.3) is 5.91 Å². The molecule has 2 aliphatic rings. The molecule has 1 amide bonds. The molecular formula is C19H23BrN4O. The number of amides is 1. The van der Waals surface area contributed by atoms with E-state index < -0.39 is 0 Å². The summed E-state index contributed by atoms with van der Waals surface area (Å²) >= 11 is 3.40. The van der Waals surface area contributed by atoms with Gasteiger partial charge in [0.2, 0.25) is 0 Å². The van der Waals surface area contributed by atoms with Crippen molar-refractivity contribution in [1.82, 2.24) is 19.6 Å². The third kappa shape index (κ3) is 3.65. The van der Waals surface area contributed by atoms with Crippen LogP contribution in [0.25, 0.3) is 5.69 Å². The van der Waals surface area contributed by atoms with E-state index in [9.17, 15) is 4.79 Å². The minimum absolute atomic E-state index is 0.146. The Kier molecular flexibility index (Phi) is 4.90. The smallest absolute Gasteiger partial charge is 0.253 e. The number of hydrogen-bond acceptors (Lipinski definition) is 3. The zero-order valence-corrected chi connectivity index (χ0v) is 15.9. The van der Waals surface area contributed by atoms with E-state index in [0.29, 0.717) is 6.04 Å². The van der Waals surface area contributed by atoms with Crippen molar-refractivity contribution in [1.29, 1.82) is 0 Å². The highest BCUT2D eigenvalue weighted by atomic mass is 79.9. The molecule has 6 heteroatoms. The molecule has 0 aliphatic carbocycles. The number of halogens is 1. The largest absolute Gasteiger partial charge is 0.339 e. The molecule has 3 heterocycles. The summed E-state index contributed by atoms with van der Waals surface area (Å²) in [4.78, 5) is 17.4. The predicted octanol–water partition coefficient (Wildman–Crippen LogP) is 3.34. The van der Waals surface area contributed by atoms with Crippen molar-refractivity contribution in [3.8, 4) is 5.69 Å². The molecule has 2 aliphatic heterocycles. The minimum atomic E-state index is 0.146. The summed E-state index contributed by atoms with van der Waals surface area (Å²) in [7, 11) is 0. The summed E-state index contributed by atoms with van der Waals surface area (Å²) in [6.45, 7) is 4.22. The highest BCUT2D eigenvalue weighted by Gasteiger charge is 2.28. The zero-order chi connectivity index (χ0) is 17.2. The summed E-state index contributed by atoms with van der Waals surface area (Å²) in [5.74, 6) is 0.146. The van der Waals surface area contributed by atoms with Gasteiger partial charge in [-0.1, -0.05) is 0 Å². The van der Waals surface area contributed by atoms with Crippen LogP contribution in [0.4, 0.5) is 0 Å². The topological polar surface area (TPSA) is 41.4 Å². The highest BCUT2D eigenvalue weighted by molar-refractivity contribution is 9.10. The van der Waals surface area contributed by atoms with E-state index in [2.05, 4.69) is 25.9 Å². The van der Waals surface area contributed by atoms with Crippen molar-refractivity contribution < 1.29 is 4.79 Å². The Morgan fingerprint density at radius 1 is 1.04 bits per heavy atom. The van der Waals surface area contributed by atoms with E-state index in [0.717, 1.165) is 41.7 Å². The van der Waals surface area contributed by atoms with Gasteiger partial charge in [-0.25, -0.2) is 4.68 Å². The van der Waals surface area contributed by atoms with Crippen molar-refractivity contribution in [2.75, 3.05) is 26.2 Å². The molecule has 2 saturated heterocycles. The van der Waals surface area contributed by atoms with Gasteiger partial charge in [0.15, 0.2) is 0 Å². The molecule has 5 nitrogen and oxygen atoms in total. The summed E-state index contributed by atoms with van der Waals surface area (Å²) in [5.41, 5.74) is 1.71. The molecule has 0 bridgehead atoms. The van der Waals surface area contributed by atoms with Crippen LogP contribution >= 0.6 is 15.9 Å². The van der Waals surface area contributed by atoms with Crippen LogP contribution in [0.2, 0.25) is 0 Å². The maximum Gasteiger partial charge on any atom is 0.253 e. The second-order valence-electron chi connectivity index (χ2n) is 6.92. The normalized spacial score (nSPS) is 19.5. The molecule has 0 atom stereocenters. The molecule has 0 N–H and O–H groups in total. The molecule has 132 valence electrons. The number of hydrogen-bond donors (Lipinski definition) is 0. The SMILES string of the molecule is O=C(c1ccc(-n2cc(Br)cn2)cc1)N1CCC(N2CCCC2)CC1. The lowest BCUT2D eigenvalue weighted by molar-refractivity contribution is 0.0644. The van der Waals surface area contributed by atoms with Crippen molar-refractivity contribution in [2.24, 2.45) is 0 Å². The molecule has 4 rings (SSSR count). The number of benzene rings is 1. The zero-order valence-electron chi connectivity index (χ0n) is 14.3. The maximum atomic E-state index is 12.8. The van der Waals surface area contributed by atoms with Crippen molar-refractivity contribution in [3.05, 3.63) is 46.7 Å². The number of carbonyl (C=O) groups is 1. The lowest BCUT2D eigenvalue weighted by Gasteiger charge is -2.36. The number of piperidine rings is 1. The lowest BCUT2D eigenvalue weighted by Crippen LogP contribution is -2.45. The van der Waals surface area contributed by atoms with Crippen LogP contribution in [-0.2, 0) is 0 Å². The van der Waals surface area contributed by atoms with Gasteiger partial charge in [0.05, 0.1) is 16.4 Å². The fourth-order valence-corrected chi connectivity index (χ4v) is 4.21. The van der Waals surface area contributed by atoms with Crippen LogP contribution in [0.15, 0.2) is 41.1 Å². The molecule has 1 aromatic carbocycles. The van der Waals surface area contributed by atoms with Gasteiger partial charge < -0.3 is 9.80 Å². The van der Waals surface area contributed by atoms with Gasteiger partial charge in [-0.15, -0.1) is 0 Å². The summed E-state index contributed by atoms with van der Waals surface area (Å²) in [6.07, 6.45) is 8.52. The van der Waals surface area contributed by atoms with E-state index in [1.54, 1.807) is 10.9 Å². The quantitative estimate of drug-likeness (QED) is 0.790. The molecule has 2 fully saturated rings. The Balaban J connectivity index is 1.38. The number of aromatic nitrogens is 2. The van der Waals surface area contributed by atoms with Gasteiger partial charge in [-0.2, -0.15) is 5.10 Å². The Bertz CT molecular complexity index is 728. The van der Waals surface area contributed by atoms with Crippen LogP contribution in [0.5, 0.6) is 0 Å². The summed E-state index contributed by atoms with van der Waals surface area (Å²) in [5, 5.41) is 4.27. The predicted molar refractivity (Wildman–Crippen MR) is 101 cm³/mol. The Labute approximate surface area is 156 Å². The maximum absolute atomic E-state index is 12.8. The first-order valence-corrected chi connectivity index (χ1v) is 9.84. The molecule has 2 aromatic rings. The summed E-state index contributed by atoms with van der Waals surface area (Å²) < 4.78 is 2.73. The second-order valence-corrected chi connectivity index (χ2v) is 7.83. The average Bonchev–Trinajstić information content (AvgIpc) is 3.33. The fraction of sp³-hybridized carbons (Fsp3) is 0.474. The van der Waals surface area contributed by atoms with Crippen molar-refractivity contribution in [2.45, 2.75) is 31.7 Å². The van der Waals surface area contributed by atoms with E-state index in [1.165, 1.54) is 25.9 Å². The number of nitrogens with zero attached hydrogens (tertiary/aromatic N) is 4. The molecular weight excluding hydrogens is 380 g/mol. The highest BCUT2D eigenvalue weighted by Crippen LogP contribution is 2.22. The fourth-order valence-electron chi connectivity index (χ4n) is 3.92. The van der Waals surface area contributed by atoms with Gasteiger partial charge in [-0.3, -0.25) is 4.79 Å². The standard InChI is InChI=1S/C19H23BrN4O/c20-16-13-21-24(14-16)18-5-3-15(4-6-18)19(25)23-11-7-17(8-12-23)22-9-1-2-10-22/h3-6,13-14,17H,1-2,7-12H2. The van der Waals surface area contributed by atoms with E-state index in [-0.39, 0.29) is 5.91 Å². The second kappa shape index (κ2) is 7.30. The van der Waals surface area contributed by atoms with Crippen molar-refractivity contribution in [3.63, 3.8) is 0 Å². The minimum Gasteiger partial charge on any atom is -0.339 e. The first kappa shape index (κ1) is 16.8. The third-order valence-corrected chi connectivity index (χ3v) is 5.75. The molecule has 1 aromatic heterocycles.